The fourth-order valence-electron chi connectivity index (χ4n) is 2.89. The number of carbonyl (C=O) groups is 1. The molecule has 1 fully saturated rings. The van der Waals surface area contributed by atoms with Gasteiger partial charge < -0.3 is 15.3 Å². The number of aliphatic hydroxyl groups is 1. The van der Waals surface area contributed by atoms with Crippen LogP contribution in [0, 0.1) is 0 Å². The molecule has 21 heavy (non-hydrogen) atoms. The zero-order chi connectivity index (χ0) is 14.8. The number of amides is 2. The summed E-state index contributed by atoms with van der Waals surface area (Å²) >= 11 is 7.88. The highest BCUT2D eigenvalue weighted by atomic mass is 35.5. The van der Waals surface area contributed by atoms with Crippen LogP contribution in [0.4, 0.5) is 4.79 Å². The quantitative estimate of drug-likeness (QED) is 0.834. The molecule has 2 aliphatic heterocycles. The highest BCUT2D eigenvalue weighted by Crippen LogP contribution is 2.37. The Balaban J connectivity index is 1.71. The van der Waals surface area contributed by atoms with Crippen LogP contribution < -0.4 is 5.32 Å². The molecule has 2 atom stereocenters. The number of rotatable bonds is 1. The van der Waals surface area contributed by atoms with Crippen molar-refractivity contribution in [2.45, 2.75) is 36.3 Å². The van der Waals surface area contributed by atoms with Crippen LogP contribution in [0.1, 0.15) is 30.9 Å². The van der Waals surface area contributed by atoms with Gasteiger partial charge in [-0.25, -0.2) is 4.79 Å². The third kappa shape index (κ3) is 3.47. The molecule has 0 bridgehead atoms. The van der Waals surface area contributed by atoms with Crippen molar-refractivity contribution in [3.05, 3.63) is 28.8 Å². The Morgan fingerprint density at radius 3 is 3.10 bits per heavy atom. The van der Waals surface area contributed by atoms with Crippen molar-refractivity contribution >= 4 is 29.4 Å². The number of benzene rings is 1. The summed E-state index contributed by atoms with van der Waals surface area (Å²) in [7, 11) is 0. The van der Waals surface area contributed by atoms with Crippen molar-refractivity contribution < 1.29 is 9.90 Å². The van der Waals surface area contributed by atoms with Gasteiger partial charge in [0, 0.05) is 28.8 Å². The third-order valence-electron chi connectivity index (χ3n) is 3.99. The lowest BCUT2D eigenvalue weighted by Gasteiger charge is -2.33. The molecule has 2 aliphatic rings. The molecule has 0 spiro atoms. The first-order chi connectivity index (χ1) is 10.1. The van der Waals surface area contributed by atoms with Crippen LogP contribution in [0.15, 0.2) is 23.1 Å². The third-order valence-corrected chi connectivity index (χ3v) is 5.35. The Kier molecular flexibility index (Phi) is 4.62. The van der Waals surface area contributed by atoms with E-state index in [0.29, 0.717) is 18.1 Å². The van der Waals surface area contributed by atoms with Gasteiger partial charge in [-0.3, -0.25) is 0 Å². The number of likely N-dealkylation sites (tertiary alicyclic amines) is 1. The molecule has 2 heterocycles. The number of aliphatic hydroxyl groups excluding tert-OH is 1. The van der Waals surface area contributed by atoms with Gasteiger partial charge in [0.2, 0.25) is 0 Å². The standard InChI is InChI=1S/C15H19ClN2O2S/c16-10-3-4-14-12(8-10)13(5-7-21-14)17-15(20)18-6-1-2-11(19)9-18/h3-4,8,11,13,19H,1-2,5-7,9H2,(H,17,20). The Labute approximate surface area is 133 Å². The fraction of sp³-hybridized carbons (Fsp3) is 0.533. The van der Waals surface area contributed by atoms with Crippen molar-refractivity contribution in [2.24, 2.45) is 0 Å². The second kappa shape index (κ2) is 6.46. The first-order valence-corrected chi connectivity index (χ1v) is 8.65. The maximum atomic E-state index is 12.4. The van der Waals surface area contributed by atoms with Gasteiger partial charge in [0.05, 0.1) is 12.1 Å². The van der Waals surface area contributed by atoms with Crippen LogP contribution in [0.25, 0.3) is 0 Å². The number of β-amino-alcohol motifs (C(OH)–C–C–N with tert-alkyl or cyclic N) is 1. The number of fused-ring (bicyclic) bond motifs is 1. The Morgan fingerprint density at radius 1 is 1.43 bits per heavy atom. The summed E-state index contributed by atoms with van der Waals surface area (Å²) in [5, 5.41) is 13.5. The van der Waals surface area contributed by atoms with Crippen LogP contribution in [-0.4, -0.2) is 41.0 Å². The van der Waals surface area contributed by atoms with Crippen LogP contribution in [0.5, 0.6) is 0 Å². The van der Waals surface area contributed by atoms with Gasteiger partial charge in [0.1, 0.15) is 0 Å². The van der Waals surface area contributed by atoms with E-state index in [9.17, 15) is 9.90 Å². The van der Waals surface area contributed by atoms with E-state index in [1.54, 1.807) is 16.7 Å². The summed E-state index contributed by atoms with van der Waals surface area (Å²) in [6.45, 7) is 1.14. The molecule has 0 aromatic heterocycles. The van der Waals surface area contributed by atoms with E-state index in [1.165, 1.54) is 4.90 Å². The zero-order valence-corrected chi connectivity index (χ0v) is 13.3. The second-order valence-corrected chi connectivity index (χ2v) is 7.14. The number of nitrogens with one attached hydrogen (secondary N) is 1. The van der Waals surface area contributed by atoms with E-state index in [0.717, 1.165) is 30.6 Å². The zero-order valence-electron chi connectivity index (χ0n) is 11.7. The number of thioether (sulfide) groups is 1. The molecule has 0 aliphatic carbocycles. The number of urea groups is 1. The minimum atomic E-state index is -0.395. The summed E-state index contributed by atoms with van der Waals surface area (Å²) in [4.78, 5) is 15.3. The maximum absolute atomic E-state index is 12.4. The van der Waals surface area contributed by atoms with Crippen LogP contribution >= 0.6 is 23.4 Å². The summed E-state index contributed by atoms with van der Waals surface area (Å²) in [6, 6.07) is 5.77. The van der Waals surface area contributed by atoms with Gasteiger partial charge in [-0.1, -0.05) is 11.6 Å². The molecule has 6 heteroatoms. The Bertz CT molecular complexity index is 540. The molecule has 3 rings (SSSR count). The molecule has 1 saturated heterocycles. The molecule has 2 amide bonds. The molecule has 1 aromatic rings. The van der Waals surface area contributed by atoms with Gasteiger partial charge in [0.25, 0.3) is 0 Å². The number of hydrogen-bond acceptors (Lipinski definition) is 3. The lowest BCUT2D eigenvalue weighted by Crippen LogP contribution is -2.48. The predicted molar refractivity (Wildman–Crippen MR) is 84.9 cm³/mol. The topological polar surface area (TPSA) is 52.6 Å². The van der Waals surface area contributed by atoms with Gasteiger partial charge in [0.15, 0.2) is 0 Å². The van der Waals surface area contributed by atoms with Crippen LogP contribution in [-0.2, 0) is 0 Å². The molecule has 0 saturated carbocycles. The highest BCUT2D eigenvalue weighted by molar-refractivity contribution is 7.99. The maximum Gasteiger partial charge on any atom is 0.317 e. The van der Waals surface area contributed by atoms with E-state index in [1.807, 2.05) is 18.2 Å². The molecule has 2 unspecified atom stereocenters. The lowest BCUT2D eigenvalue weighted by atomic mass is 10.0. The lowest BCUT2D eigenvalue weighted by molar-refractivity contribution is 0.0832. The highest BCUT2D eigenvalue weighted by Gasteiger charge is 2.27. The van der Waals surface area contributed by atoms with E-state index in [4.69, 9.17) is 11.6 Å². The van der Waals surface area contributed by atoms with Crippen molar-refractivity contribution in [1.29, 1.82) is 0 Å². The number of piperidine rings is 1. The van der Waals surface area contributed by atoms with E-state index < -0.39 is 6.10 Å². The van der Waals surface area contributed by atoms with E-state index in [2.05, 4.69) is 5.32 Å². The van der Waals surface area contributed by atoms with Gasteiger partial charge in [-0.15, -0.1) is 11.8 Å². The molecule has 2 N–H and O–H groups in total. The van der Waals surface area contributed by atoms with E-state index >= 15 is 0 Å². The van der Waals surface area contributed by atoms with Crippen molar-refractivity contribution in [1.82, 2.24) is 10.2 Å². The average Bonchev–Trinajstić information content (AvgIpc) is 2.48. The minimum Gasteiger partial charge on any atom is -0.391 e. The van der Waals surface area contributed by atoms with Crippen molar-refractivity contribution in [2.75, 3.05) is 18.8 Å². The molecular weight excluding hydrogens is 308 g/mol. The van der Waals surface area contributed by atoms with E-state index in [-0.39, 0.29) is 12.1 Å². The molecule has 0 radical (unpaired) electrons. The van der Waals surface area contributed by atoms with Gasteiger partial charge >= 0.3 is 6.03 Å². The second-order valence-electron chi connectivity index (χ2n) is 5.56. The Hall–Kier alpha value is -0.910. The number of halogens is 1. The predicted octanol–water partition coefficient (Wildman–Crippen LogP) is 3.04. The molecule has 1 aromatic carbocycles. The largest absolute Gasteiger partial charge is 0.391 e. The minimum absolute atomic E-state index is 0.00604. The molecule has 114 valence electrons. The summed E-state index contributed by atoms with van der Waals surface area (Å²) in [6.07, 6.45) is 2.15. The number of carbonyl (C=O) groups excluding carboxylic acids is 1. The Morgan fingerprint density at radius 2 is 2.29 bits per heavy atom. The first-order valence-electron chi connectivity index (χ1n) is 7.29. The first kappa shape index (κ1) is 15.0. The monoisotopic (exact) mass is 326 g/mol. The summed E-state index contributed by atoms with van der Waals surface area (Å²) < 4.78 is 0. The van der Waals surface area contributed by atoms with Crippen LogP contribution in [0.2, 0.25) is 5.02 Å². The number of hydrogen-bond donors (Lipinski definition) is 2. The fourth-order valence-corrected chi connectivity index (χ4v) is 4.18. The van der Waals surface area contributed by atoms with Crippen LogP contribution in [0.3, 0.4) is 0 Å². The molecular formula is C15H19ClN2O2S. The number of nitrogens with zero attached hydrogens (tertiary/aromatic N) is 1. The average molecular weight is 327 g/mol. The SMILES string of the molecule is O=C(NC1CCSc2ccc(Cl)cc21)N1CCCC(O)C1. The summed E-state index contributed by atoms with van der Waals surface area (Å²) in [5.74, 6) is 0.988. The van der Waals surface area contributed by atoms with Gasteiger partial charge in [-0.2, -0.15) is 0 Å². The van der Waals surface area contributed by atoms with Crippen molar-refractivity contribution in [3.8, 4) is 0 Å². The molecule has 4 nitrogen and oxygen atoms in total. The van der Waals surface area contributed by atoms with Crippen molar-refractivity contribution in [3.63, 3.8) is 0 Å². The smallest absolute Gasteiger partial charge is 0.317 e. The van der Waals surface area contributed by atoms with Gasteiger partial charge in [-0.05, 0) is 43.0 Å². The normalized spacial score (nSPS) is 25.3. The summed E-state index contributed by atoms with van der Waals surface area (Å²) in [5.41, 5.74) is 1.10.